The number of carbonyl (C=O) groups excluding carboxylic acids is 1. The Morgan fingerprint density at radius 3 is 3.18 bits per heavy atom. The fourth-order valence-corrected chi connectivity index (χ4v) is 0.707. The van der Waals surface area contributed by atoms with Crippen LogP contribution in [0.3, 0.4) is 0 Å². The van der Waals surface area contributed by atoms with Crippen LogP contribution in [0.4, 0.5) is 0 Å². The summed E-state index contributed by atoms with van der Waals surface area (Å²) in [7, 11) is 1.79. The number of oxazole rings is 1. The van der Waals surface area contributed by atoms with Gasteiger partial charge in [-0.2, -0.15) is 0 Å². The average molecular weight is 154 g/mol. The van der Waals surface area contributed by atoms with Gasteiger partial charge in [-0.05, 0) is 7.05 Å². The summed E-state index contributed by atoms with van der Waals surface area (Å²) in [6.45, 7) is 0.654. The van der Waals surface area contributed by atoms with Crippen LogP contribution in [0.5, 0.6) is 0 Å². The molecule has 1 heterocycles. The smallest absolute Gasteiger partial charge is 0.263 e. The molecule has 1 rings (SSSR count). The Labute approximate surface area is 64.6 Å². The van der Waals surface area contributed by atoms with Gasteiger partial charge in [0.25, 0.3) is 5.89 Å². The molecule has 0 radical (unpaired) electrons. The zero-order valence-corrected chi connectivity index (χ0v) is 6.33. The van der Waals surface area contributed by atoms with Crippen molar-refractivity contribution < 1.29 is 9.21 Å². The van der Waals surface area contributed by atoms with Crippen LogP contribution in [-0.2, 0) is 0 Å². The third kappa shape index (κ3) is 2.16. The Hall–Kier alpha value is -1.16. The molecule has 0 spiro atoms. The quantitative estimate of drug-likeness (QED) is 0.640. The number of aromatic nitrogens is 1. The van der Waals surface area contributed by atoms with Crippen LogP contribution >= 0.6 is 0 Å². The van der Waals surface area contributed by atoms with Gasteiger partial charge in [0.2, 0.25) is 5.78 Å². The Bertz CT molecular complexity index is 218. The van der Waals surface area contributed by atoms with Crippen LogP contribution in [0, 0.1) is 0 Å². The molecule has 4 nitrogen and oxygen atoms in total. The van der Waals surface area contributed by atoms with Crippen molar-refractivity contribution in [2.75, 3.05) is 13.6 Å². The molecule has 0 fully saturated rings. The summed E-state index contributed by atoms with van der Waals surface area (Å²) in [6, 6.07) is 0. The third-order valence-corrected chi connectivity index (χ3v) is 1.27. The molecule has 0 aromatic carbocycles. The number of ketones is 1. The number of hydrogen-bond donors (Lipinski definition) is 1. The number of hydrogen-bond acceptors (Lipinski definition) is 4. The topological polar surface area (TPSA) is 55.1 Å². The minimum absolute atomic E-state index is 0.0654. The van der Waals surface area contributed by atoms with Crippen molar-refractivity contribution in [3.8, 4) is 0 Å². The van der Waals surface area contributed by atoms with Crippen molar-refractivity contribution >= 4 is 5.78 Å². The lowest BCUT2D eigenvalue weighted by Crippen LogP contribution is -2.13. The van der Waals surface area contributed by atoms with Gasteiger partial charge in [-0.3, -0.25) is 4.79 Å². The number of rotatable bonds is 4. The molecule has 0 aliphatic rings. The van der Waals surface area contributed by atoms with Crippen molar-refractivity contribution in [1.29, 1.82) is 0 Å². The van der Waals surface area contributed by atoms with Crippen molar-refractivity contribution in [3.05, 3.63) is 18.4 Å². The monoisotopic (exact) mass is 154 g/mol. The highest BCUT2D eigenvalue weighted by atomic mass is 16.3. The highest BCUT2D eigenvalue weighted by molar-refractivity contribution is 5.91. The molecule has 60 valence electrons. The largest absolute Gasteiger partial charge is 0.442 e. The molecule has 1 N–H and O–H groups in total. The Kier molecular flexibility index (Phi) is 2.80. The molecule has 0 amide bonds. The molecule has 0 atom stereocenters. The number of carbonyl (C=O) groups is 1. The maximum atomic E-state index is 11.1. The summed E-state index contributed by atoms with van der Waals surface area (Å²) in [4.78, 5) is 14.8. The van der Waals surface area contributed by atoms with E-state index in [1.54, 1.807) is 7.05 Å². The zero-order valence-electron chi connectivity index (χ0n) is 6.33. The van der Waals surface area contributed by atoms with Crippen LogP contribution < -0.4 is 5.32 Å². The lowest BCUT2D eigenvalue weighted by atomic mass is 10.3. The molecule has 0 saturated heterocycles. The summed E-state index contributed by atoms with van der Waals surface area (Å²) in [6.07, 6.45) is 3.29. The second-order valence-electron chi connectivity index (χ2n) is 2.11. The number of nitrogens with one attached hydrogen (secondary N) is 1. The summed E-state index contributed by atoms with van der Waals surface area (Å²) < 4.78 is 4.80. The SMILES string of the molecule is CNCCC(=O)c1ncco1. The fraction of sp³-hybridized carbons (Fsp3) is 0.429. The molecular weight excluding hydrogens is 144 g/mol. The predicted molar refractivity (Wildman–Crippen MR) is 39.4 cm³/mol. The van der Waals surface area contributed by atoms with E-state index in [2.05, 4.69) is 10.3 Å². The maximum absolute atomic E-state index is 11.1. The van der Waals surface area contributed by atoms with E-state index in [0.717, 1.165) is 0 Å². The molecule has 1 aromatic heterocycles. The average Bonchev–Trinajstić information content (AvgIpc) is 2.52. The van der Waals surface area contributed by atoms with Gasteiger partial charge in [0.05, 0.1) is 6.20 Å². The van der Waals surface area contributed by atoms with Crippen molar-refractivity contribution in [2.45, 2.75) is 6.42 Å². The Morgan fingerprint density at radius 1 is 1.82 bits per heavy atom. The molecule has 0 saturated carbocycles. The van der Waals surface area contributed by atoms with E-state index >= 15 is 0 Å². The van der Waals surface area contributed by atoms with Crippen LogP contribution in [0.1, 0.15) is 17.1 Å². The second-order valence-corrected chi connectivity index (χ2v) is 2.11. The van der Waals surface area contributed by atoms with Crippen molar-refractivity contribution in [1.82, 2.24) is 10.3 Å². The minimum atomic E-state index is -0.0654. The van der Waals surface area contributed by atoms with Crippen molar-refractivity contribution in [2.24, 2.45) is 0 Å². The molecule has 0 aliphatic carbocycles. The number of Topliss-reactive ketones (excluding diaryl/α,β-unsaturated/α-hetero) is 1. The van der Waals surface area contributed by atoms with Crippen molar-refractivity contribution in [3.63, 3.8) is 0 Å². The molecule has 11 heavy (non-hydrogen) atoms. The van der Waals surface area contributed by atoms with Gasteiger partial charge >= 0.3 is 0 Å². The predicted octanol–water partition coefficient (Wildman–Crippen LogP) is 0.467. The highest BCUT2D eigenvalue weighted by Crippen LogP contribution is 1.98. The van der Waals surface area contributed by atoms with E-state index in [1.807, 2.05) is 0 Å². The van der Waals surface area contributed by atoms with E-state index in [1.165, 1.54) is 12.5 Å². The van der Waals surface area contributed by atoms with Crippen LogP contribution in [0.2, 0.25) is 0 Å². The van der Waals surface area contributed by atoms with E-state index in [-0.39, 0.29) is 11.7 Å². The van der Waals surface area contributed by atoms with Gasteiger partial charge in [0.1, 0.15) is 6.26 Å². The van der Waals surface area contributed by atoms with E-state index in [9.17, 15) is 4.79 Å². The second kappa shape index (κ2) is 3.88. The van der Waals surface area contributed by atoms with Gasteiger partial charge in [-0.15, -0.1) is 0 Å². The molecule has 1 aromatic rings. The van der Waals surface area contributed by atoms with E-state index in [0.29, 0.717) is 13.0 Å². The first-order chi connectivity index (χ1) is 5.34. The first-order valence-corrected chi connectivity index (χ1v) is 3.42. The summed E-state index contributed by atoms with van der Waals surface area (Å²) >= 11 is 0. The van der Waals surface area contributed by atoms with Crippen LogP contribution in [0.25, 0.3) is 0 Å². The van der Waals surface area contributed by atoms with Gasteiger partial charge in [0, 0.05) is 13.0 Å². The molecule has 0 bridgehead atoms. The maximum Gasteiger partial charge on any atom is 0.263 e. The minimum Gasteiger partial charge on any atom is -0.442 e. The van der Waals surface area contributed by atoms with Crippen LogP contribution in [-0.4, -0.2) is 24.4 Å². The zero-order chi connectivity index (χ0) is 8.10. The molecule has 0 unspecified atom stereocenters. The standard InChI is InChI=1S/C7H10N2O2/c1-8-3-2-6(10)7-9-4-5-11-7/h4-5,8H,2-3H2,1H3. The summed E-state index contributed by atoms with van der Waals surface area (Å²) in [5.74, 6) is 0.129. The Morgan fingerprint density at radius 2 is 2.64 bits per heavy atom. The highest BCUT2D eigenvalue weighted by Gasteiger charge is 2.08. The van der Waals surface area contributed by atoms with E-state index in [4.69, 9.17) is 4.42 Å². The van der Waals surface area contributed by atoms with Gasteiger partial charge in [0.15, 0.2) is 0 Å². The summed E-state index contributed by atoms with van der Waals surface area (Å²) in [5, 5.41) is 2.87. The van der Waals surface area contributed by atoms with Crippen LogP contribution in [0.15, 0.2) is 16.9 Å². The lowest BCUT2D eigenvalue weighted by Gasteiger charge is -1.93. The number of nitrogens with zero attached hydrogens (tertiary/aromatic N) is 1. The molecular formula is C7H10N2O2. The van der Waals surface area contributed by atoms with E-state index < -0.39 is 0 Å². The normalized spacial score (nSPS) is 9.91. The van der Waals surface area contributed by atoms with Gasteiger partial charge in [-0.25, -0.2) is 4.98 Å². The van der Waals surface area contributed by atoms with Gasteiger partial charge in [-0.1, -0.05) is 0 Å². The third-order valence-electron chi connectivity index (χ3n) is 1.27. The first-order valence-electron chi connectivity index (χ1n) is 3.42. The lowest BCUT2D eigenvalue weighted by molar-refractivity contribution is 0.0949. The summed E-state index contributed by atoms with van der Waals surface area (Å²) in [5.41, 5.74) is 0. The van der Waals surface area contributed by atoms with Gasteiger partial charge < -0.3 is 9.73 Å². The molecule has 0 aliphatic heterocycles. The molecule has 4 heteroatoms. The first kappa shape index (κ1) is 7.94. The Balaban J connectivity index is 2.43. The fourth-order valence-electron chi connectivity index (χ4n) is 0.707.